The maximum absolute atomic E-state index is 13.0. The molecule has 176 valence electrons. The Labute approximate surface area is 206 Å². The van der Waals surface area contributed by atoms with E-state index in [1.807, 2.05) is 35.9 Å². The molecule has 9 heteroatoms. The maximum atomic E-state index is 13.0. The molecule has 0 saturated heterocycles. The van der Waals surface area contributed by atoms with Gasteiger partial charge in [0.25, 0.3) is 5.91 Å². The number of carbonyl (C=O) groups excluding carboxylic acids is 2. The van der Waals surface area contributed by atoms with E-state index >= 15 is 0 Å². The van der Waals surface area contributed by atoms with Crippen molar-refractivity contribution in [3.05, 3.63) is 95.3 Å². The number of hydrogen-bond acceptors (Lipinski definition) is 5. The normalized spacial score (nSPS) is 11.9. The molecule has 0 aliphatic rings. The van der Waals surface area contributed by atoms with Crippen LogP contribution >= 0.6 is 11.3 Å². The Morgan fingerprint density at radius 2 is 1.77 bits per heavy atom. The van der Waals surface area contributed by atoms with E-state index in [1.165, 1.54) is 11.3 Å². The van der Waals surface area contributed by atoms with Crippen molar-refractivity contribution in [1.29, 1.82) is 0 Å². The molecule has 2 N–H and O–H groups in total. The number of benzene rings is 2. The molecular weight excluding hydrogens is 460 g/mol. The molecule has 0 aliphatic carbocycles. The SMILES string of the molecule is Cc1nn(Cc2ccccc2)c2sc(C(=O)Nc3cccc(NC(=O)C(C)n4cccn4)c3)cc12. The van der Waals surface area contributed by atoms with Crippen LogP contribution < -0.4 is 10.6 Å². The molecule has 0 spiro atoms. The fraction of sp³-hybridized carbons (Fsp3) is 0.154. The van der Waals surface area contributed by atoms with E-state index in [4.69, 9.17) is 0 Å². The van der Waals surface area contributed by atoms with Crippen LogP contribution in [0.25, 0.3) is 10.2 Å². The molecule has 1 atom stereocenters. The fourth-order valence-corrected chi connectivity index (χ4v) is 4.89. The minimum atomic E-state index is -0.458. The second kappa shape index (κ2) is 9.55. The maximum Gasteiger partial charge on any atom is 0.265 e. The summed E-state index contributed by atoms with van der Waals surface area (Å²) >= 11 is 1.42. The van der Waals surface area contributed by atoms with E-state index in [-0.39, 0.29) is 11.8 Å². The Balaban J connectivity index is 1.30. The van der Waals surface area contributed by atoms with Gasteiger partial charge in [0.15, 0.2) is 0 Å². The lowest BCUT2D eigenvalue weighted by atomic mass is 10.2. The molecule has 0 fully saturated rings. The van der Waals surface area contributed by atoms with Crippen LogP contribution in [0.5, 0.6) is 0 Å². The first-order chi connectivity index (χ1) is 17.0. The second-order valence-electron chi connectivity index (χ2n) is 8.24. The van der Waals surface area contributed by atoms with Crippen molar-refractivity contribution in [2.45, 2.75) is 26.4 Å². The Bertz CT molecular complexity index is 1490. The quantitative estimate of drug-likeness (QED) is 0.336. The molecule has 8 nitrogen and oxygen atoms in total. The minimum Gasteiger partial charge on any atom is -0.324 e. The predicted molar refractivity (Wildman–Crippen MR) is 138 cm³/mol. The summed E-state index contributed by atoms with van der Waals surface area (Å²) in [7, 11) is 0. The molecule has 0 radical (unpaired) electrons. The number of nitrogens with one attached hydrogen (secondary N) is 2. The average molecular weight is 485 g/mol. The van der Waals surface area contributed by atoms with E-state index in [9.17, 15) is 9.59 Å². The van der Waals surface area contributed by atoms with Crippen molar-refractivity contribution in [2.24, 2.45) is 0 Å². The number of anilines is 2. The van der Waals surface area contributed by atoms with Crippen molar-refractivity contribution >= 4 is 44.7 Å². The zero-order valence-corrected chi connectivity index (χ0v) is 20.1. The van der Waals surface area contributed by atoms with Crippen LogP contribution in [-0.2, 0) is 11.3 Å². The monoisotopic (exact) mass is 484 g/mol. The molecule has 2 amide bonds. The summed E-state index contributed by atoms with van der Waals surface area (Å²) in [5.74, 6) is -0.398. The minimum absolute atomic E-state index is 0.194. The number of amides is 2. The summed E-state index contributed by atoms with van der Waals surface area (Å²) in [6.07, 6.45) is 3.38. The average Bonchev–Trinajstić information content (AvgIpc) is 3.59. The molecule has 5 rings (SSSR count). The first kappa shape index (κ1) is 22.5. The van der Waals surface area contributed by atoms with Crippen molar-refractivity contribution in [3.63, 3.8) is 0 Å². The number of thiophene rings is 1. The zero-order chi connectivity index (χ0) is 24.4. The van der Waals surface area contributed by atoms with Crippen LogP contribution in [0, 0.1) is 6.92 Å². The lowest BCUT2D eigenvalue weighted by Crippen LogP contribution is -2.24. The first-order valence-electron chi connectivity index (χ1n) is 11.2. The smallest absolute Gasteiger partial charge is 0.265 e. The van der Waals surface area contributed by atoms with Crippen LogP contribution in [0.1, 0.15) is 33.9 Å². The number of hydrogen-bond donors (Lipinski definition) is 2. The standard InChI is InChI=1S/C26H24N6O2S/c1-17-22-15-23(35-26(22)32(30-17)16-19-8-4-3-5-9-19)25(34)29-21-11-6-10-20(14-21)28-24(33)18(2)31-13-7-12-27-31/h3-15,18H,16H2,1-2H3,(H,28,33)(H,29,34). The second-order valence-corrected chi connectivity index (χ2v) is 9.28. The fourth-order valence-electron chi connectivity index (χ4n) is 3.83. The molecule has 2 aromatic carbocycles. The van der Waals surface area contributed by atoms with Gasteiger partial charge in [-0.25, -0.2) is 0 Å². The summed E-state index contributed by atoms with van der Waals surface area (Å²) in [5.41, 5.74) is 3.23. The number of fused-ring (bicyclic) bond motifs is 1. The Morgan fingerprint density at radius 1 is 1.00 bits per heavy atom. The van der Waals surface area contributed by atoms with Crippen molar-refractivity contribution in [1.82, 2.24) is 19.6 Å². The van der Waals surface area contributed by atoms with Gasteiger partial charge in [-0.3, -0.25) is 19.0 Å². The largest absolute Gasteiger partial charge is 0.324 e. The van der Waals surface area contributed by atoms with Crippen molar-refractivity contribution in [3.8, 4) is 0 Å². The summed E-state index contributed by atoms with van der Waals surface area (Å²) in [6.45, 7) is 4.37. The van der Waals surface area contributed by atoms with Gasteiger partial charge in [-0.1, -0.05) is 36.4 Å². The molecule has 3 aromatic heterocycles. The topological polar surface area (TPSA) is 93.8 Å². The van der Waals surface area contributed by atoms with Gasteiger partial charge in [-0.2, -0.15) is 10.2 Å². The third-order valence-corrected chi connectivity index (χ3v) is 6.84. The summed E-state index contributed by atoms with van der Waals surface area (Å²) in [5, 5.41) is 15.6. The molecule has 5 aromatic rings. The predicted octanol–water partition coefficient (Wildman–Crippen LogP) is 5.10. The Kier molecular flexibility index (Phi) is 6.15. The lowest BCUT2D eigenvalue weighted by Gasteiger charge is -2.13. The molecule has 0 saturated carbocycles. The number of rotatable bonds is 7. The van der Waals surface area contributed by atoms with Crippen LogP contribution in [0.4, 0.5) is 11.4 Å². The summed E-state index contributed by atoms with van der Waals surface area (Å²) < 4.78 is 3.53. The van der Waals surface area contributed by atoms with Gasteiger partial charge in [0, 0.05) is 29.2 Å². The molecule has 0 bridgehead atoms. The van der Waals surface area contributed by atoms with E-state index in [1.54, 1.807) is 54.3 Å². The third kappa shape index (κ3) is 4.85. The van der Waals surface area contributed by atoms with Crippen molar-refractivity contribution in [2.75, 3.05) is 10.6 Å². The van der Waals surface area contributed by atoms with E-state index in [0.29, 0.717) is 22.8 Å². The van der Waals surface area contributed by atoms with Crippen LogP contribution in [0.2, 0.25) is 0 Å². The highest BCUT2D eigenvalue weighted by atomic mass is 32.1. The number of aryl methyl sites for hydroxylation is 1. The third-order valence-electron chi connectivity index (χ3n) is 5.70. The lowest BCUT2D eigenvalue weighted by molar-refractivity contribution is -0.119. The highest BCUT2D eigenvalue weighted by Gasteiger charge is 2.18. The number of carbonyl (C=O) groups is 2. The van der Waals surface area contributed by atoms with Crippen molar-refractivity contribution < 1.29 is 9.59 Å². The van der Waals surface area contributed by atoms with Crippen LogP contribution in [0.15, 0.2) is 79.1 Å². The van der Waals surface area contributed by atoms with Gasteiger partial charge in [0.05, 0.1) is 17.1 Å². The molecule has 35 heavy (non-hydrogen) atoms. The molecular formula is C26H24N6O2S. The van der Waals surface area contributed by atoms with Crippen LogP contribution in [-0.4, -0.2) is 31.4 Å². The summed E-state index contributed by atoms with van der Waals surface area (Å²) in [4.78, 5) is 27.2. The highest BCUT2D eigenvalue weighted by Crippen LogP contribution is 2.29. The Hall–Kier alpha value is -4.24. The van der Waals surface area contributed by atoms with E-state index in [0.717, 1.165) is 21.5 Å². The van der Waals surface area contributed by atoms with Gasteiger partial charge < -0.3 is 10.6 Å². The number of nitrogens with zero attached hydrogens (tertiary/aromatic N) is 4. The Morgan fingerprint density at radius 3 is 2.51 bits per heavy atom. The van der Waals surface area contributed by atoms with E-state index < -0.39 is 6.04 Å². The van der Waals surface area contributed by atoms with Gasteiger partial charge in [-0.05, 0) is 49.7 Å². The van der Waals surface area contributed by atoms with E-state index in [2.05, 4.69) is 33.0 Å². The van der Waals surface area contributed by atoms with Gasteiger partial charge in [0.1, 0.15) is 10.9 Å². The zero-order valence-electron chi connectivity index (χ0n) is 19.3. The van der Waals surface area contributed by atoms with Gasteiger partial charge >= 0.3 is 0 Å². The summed E-state index contributed by atoms with van der Waals surface area (Å²) in [6, 6.07) is 20.4. The van der Waals surface area contributed by atoms with Gasteiger partial charge in [0.2, 0.25) is 5.91 Å². The highest BCUT2D eigenvalue weighted by molar-refractivity contribution is 7.20. The molecule has 3 heterocycles. The molecule has 0 aliphatic heterocycles. The number of aromatic nitrogens is 4. The first-order valence-corrected chi connectivity index (χ1v) is 12.0. The molecule has 1 unspecified atom stereocenters. The van der Waals surface area contributed by atoms with Gasteiger partial charge in [-0.15, -0.1) is 11.3 Å². The van der Waals surface area contributed by atoms with Crippen LogP contribution in [0.3, 0.4) is 0 Å².